The first kappa shape index (κ1) is 20.8. The van der Waals surface area contributed by atoms with Crippen molar-refractivity contribution in [3.05, 3.63) is 76.3 Å². The average Bonchev–Trinajstić information content (AvgIpc) is 2.74. The lowest BCUT2D eigenvalue weighted by atomic mass is 10.0. The molecule has 0 heterocycles. The van der Waals surface area contributed by atoms with Crippen molar-refractivity contribution in [3.63, 3.8) is 0 Å². The molecule has 0 fully saturated rings. The smallest absolute Gasteiger partial charge is 0.311 e. The number of nitrogens with one attached hydrogen (secondary N) is 1. The maximum atomic E-state index is 12.4. The Morgan fingerprint density at radius 3 is 2.57 bits per heavy atom. The highest BCUT2D eigenvalue weighted by atomic mass is 16.6. The van der Waals surface area contributed by atoms with Gasteiger partial charge in [0.05, 0.1) is 30.2 Å². The third kappa shape index (κ3) is 4.72. The van der Waals surface area contributed by atoms with Gasteiger partial charge in [-0.25, -0.2) is 0 Å². The summed E-state index contributed by atoms with van der Waals surface area (Å²) in [5.74, 6) is -0.982. The average molecular weight is 408 g/mol. The second-order valence-corrected chi connectivity index (χ2v) is 6.58. The van der Waals surface area contributed by atoms with Crippen molar-refractivity contribution in [2.24, 2.45) is 0 Å². The molecule has 8 nitrogen and oxygen atoms in total. The lowest BCUT2D eigenvalue weighted by Gasteiger charge is -2.15. The summed E-state index contributed by atoms with van der Waals surface area (Å²) in [6, 6.07) is 17.2. The van der Waals surface area contributed by atoms with Crippen LogP contribution >= 0.6 is 0 Å². The Bertz CT molecular complexity index is 1110. The fourth-order valence-corrected chi connectivity index (χ4v) is 3.03. The van der Waals surface area contributed by atoms with Crippen molar-refractivity contribution in [2.75, 3.05) is 12.4 Å². The fraction of sp³-hybridized carbons (Fsp3) is 0.182. The summed E-state index contributed by atoms with van der Waals surface area (Å²) in [4.78, 5) is 35.1. The first-order valence-electron chi connectivity index (χ1n) is 9.18. The van der Waals surface area contributed by atoms with Crippen LogP contribution in [-0.2, 0) is 20.7 Å². The molecule has 1 atom stereocenters. The summed E-state index contributed by atoms with van der Waals surface area (Å²) in [6.45, 7) is 1.45. The second kappa shape index (κ2) is 9.04. The van der Waals surface area contributed by atoms with E-state index in [0.717, 1.165) is 16.3 Å². The molecule has 0 saturated heterocycles. The summed E-state index contributed by atoms with van der Waals surface area (Å²) < 4.78 is 10.4. The number of nitro groups is 1. The molecule has 0 aromatic heterocycles. The van der Waals surface area contributed by atoms with Gasteiger partial charge in [0.1, 0.15) is 5.75 Å². The SMILES string of the molecule is COc1cc([N+](=O)[O-])ccc1NC(=O)[C@@H](C)OC(=O)Cc1cccc2ccccc12. The van der Waals surface area contributed by atoms with E-state index in [1.54, 1.807) is 0 Å². The number of nitro benzene ring substituents is 1. The Kier molecular flexibility index (Phi) is 6.26. The molecule has 0 unspecified atom stereocenters. The highest BCUT2D eigenvalue weighted by molar-refractivity contribution is 5.97. The Balaban J connectivity index is 1.65. The number of non-ortho nitro benzene ring substituents is 1. The predicted octanol–water partition coefficient (Wildman–Crippen LogP) is 3.87. The van der Waals surface area contributed by atoms with Gasteiger partial charge in [-0.05, 0) is 29.3 Å². The van der Waals surface area contributed by atoms with Crippen molar-refractivity contribution in [2.45, 2.75) is 19.4 Å². The number of ether oxygens (including phenoxy) is 2. The lowest BCUT2D eigenvalue weighted by Crippen LogP contribution is -2.30. The van der Waals surface area contributed by atoms with Crippen LogP contribution < -0.4 is 10.1 Å². The summed E-state index contributed by atoms with van der Waals surface area (Å²) in [6.07, 6.45) is -1.04. The van der Waals surface area contributed by atoms with E-state index in [0.29, 0.717) is 0 Å². The molecule has 1 N–H and O–H groups in total. The summed E-state index contributed by atoms with van der Waals surface area (Å²) >= 11 is 0. The van der Waals surface area contributed by atoms with Gasteiger partial charge in [0.15, 0.2) is 6.10 Å². The molecule has 1 amide bonds. The molecule has 3 aromatic rings. The number of benzene rings is 3. The van der Waals surface area contributed by atoms with Gasteiger partial charge in [-0.15, -0.1) is 0 Å². The Labute approximate surface area is 172 Å². The summed E-state index contributed by atoms with van der Waals surface area (Å²) in [5, 5.41) is 15.4. The van der Waals surface area contributed by atoms with E-state index in [9.17, 15) is 19.7 Å². The first-order valence-corrected chi connectivity index (χ1v) is 9.18. The Morgan fingerprint density at radius 1 is 1.10 bits per heavy atom. The third-order valence-electron chi connectivity index (χ3n) is 4.55. The molecule has 0 spiro atoms. The zero-order valence-electron chi connectivity index (χ0n) is 16.5. The van der Waals surface area contributed by atoms with Crippen molar-refractivity contribution in [3.8, 4) is 5.75 Å². The molecule has 0 saturated carbocycles. The van der Waals surface area contributed by atoms with Crippen molar-refractivity contribution >= 4 is 34.0 Å². The fourth-order valence-electron chi connectivity index (χ4n) is 3.03. The van der Waals surface area contributed by atoms with E-state index in [1.807, 2.05) is 42.5 Å². The van der Waals surface area contributed by atoms with Gasteiger partial charge in [-0.3, -0.25) is 19.7 Å². The van der Waals surface area contributed by atoms with Crippen LogP contribution in [0.1, 0.15) is 12.5 Å². The number of rotatable bonds is 7. The molecule has 0 aliphatic carbocycles. The van der Waals surface area contributed by atoms with Crippen LogP contribution in [-0.4, -0.2) is 30.0 Å². The van der Waals surface area contributed by atoms with Crippen molar-refractivity contribution < 1.29 is 24.0 Å². The van der Waals surface area contributed by atoms with Gasteiger partial charge >= 0.3 is 5.97 Å². The minimum absolute atomic E-state index is 0.0276. The van der Waals surface area contributed by atoms with Crippen molar-refractivity contribution in [1.29, 1.82) is 0 Å². The number of carbonyl (C=O) groups excluding carboxylic acids is 2. The quantitative estimate of drug-likeness (QED) is 0.361. The normalized spacial score (nSPS) is 11.5. The standard InChI is InChI=1S/C22H20N2O6/c1-14(22(26)23-19-11-10-17(24(27)28)13-20(19)29-2)30-21(25)12-16-8-5-7-15-6-3-4-9-18(15)16/h3-11,13-14H,12H2,1-2H3,(H,23,26)/t14-/m1/s1. The van der Waals surface area contributed by atoms with E-state index in [4.69, 9.17) is 9.47 Å². The van der Waals surface area contributed by atoms with Gasteiger partial charge in [0, 0.05) is 6.07 Å². The van der Waals surface area contributed by atoms with E-state index >= 15 is 0 Å². The van der Waals surface area contributed by atoms with Gasteiger partial charge < -0.3 is 14.8 Å². The van der Waals surface area contributed by atoms with Crippen LogP contribution in [0.15, 0.2) is 60.7 Å². The Hall–Kier alpha value is -3.94. The van der Waals surface area contributed by atoms with Crippen LogP contribution in [0.2, 0.25) is 0 Å². The highest BCUT2D eigenvalue weighted by Gasteiger charge is 2.21. The highest BCUT2D eigenvalue weighted by Crippen LogP contribution is 2.29. The molecule has 0 aliphatic rings. The van der Waals surface area contributed by atoms with Gasteiger partial charge in [-0.2, -0.15) is 0 Å². The maximum Gasteiger partial charge on any atom is 0.311 e. The lowest BCUT2D eigenvalue weighted by molar-refractivity contribution is -0.384. The topological polar surface area (TPSA) is 108 Å². The van der Waals surface area contributed by atoms with Gasteiger partial charge in [0.2, 0.25) is 0 Å². The number of methoxy groups -OCH3 is 1. The van der Waals surface area contributed by atoms with Gasteiger partial charge in [-0.1, -0.05) is 42.5 Å². The molecule has 8 heteroatoms. The summed E-state index contributed by atoms with van der Waals surface area (Å²) in [7, 11) is 1.34. The first-order chi connectivity index (χ1) is 14.4. The molecule has 3 rings (SSSR count). The number of nitrogens with zero attached hydrogens (tertiary/aromatic N) is 1. The molecule has 30 heavy (non-hydrogen) atoms. The number of amides is 1. The number of carbonyl (C=O) groups is 2. The molecule has 0 radical (unpaired) electrons. The molecular formula is C22H20N2O6. The number of esters is 1. The van der Waals surface area contributed by atoms with E-state index < -0.39 is 22.9 Å². The number of hydrogen-bond acceptors (Lipinski definition) is 6. The van der Waals surface area contributed by atoms with E-state index in [1.165, 1.54) is 32.2 Å². The molecule has 0 bridgehead atoms. The Morgan fingerprint density at radius 2 is 1.83 bits per heavy atom. The monoisotopic (exact) mass is 408 g/mol. The molecule has 3 aromatic carbocycles. The number of fused-ring (bicyclic) bond motifs is 1. The van der Waals surface area contributed by atoms with E-state index in [-0.39, 0.29) is 23.5 Å². The van der Waals surface area contributed by atoms with Crippen LogP contribution in [0.25, 0.3) is 10.8 Å². The number of anilines is 1. The van der Waals surface area contributed by atoms with Crippen LogP contribution in [0.4, 0.5) is 11.4 Å². The predicted molar refractivity (Wildman–Crippen MR) is 111 cm³/mol. The second-order valence-electron chi connectivity index (χ2n) is 6.58. The third-order valence-corrected chi connectivity index (χ3v) is 4.55. The largest absolute Gasteiger partial charge is 0.494 e. The summed E-state index contributed by atoms with van der Waals surface area (Å²) in [5.41, 5.74) is 0.882. The van der Waals surface area contributed by atoms with Crippen LogP contribution in [0.5, 0.6) is 5.75 Å². The van der Waals surface area contributed by atoms with Gasteiger partial charge in [0.25, 0.3) is 11.6 Å². The van der Waals surface area contributed by atoms with Crippen LogP contribution in [0.3, 0.4) is 0 Å². The zero-order valence-corrected chi connectivity index (χ0v) is 16.5. The minimum atomic E-state index is -1.06. The maximum absolute atomic E-state index is 12.4. The number of hydrogen-bond donors (Lipinski definition) is 1. The van der Waals surface area contributed by atoms with Crippen molar-refractivity contribution in [1.82, 2.24) is 0 Å². The zero-order chi connectivity index (χ0) is 21.7. The van der Waals surface area contributed by atoms with E-state index in [2.05, 4.69) is 5.32 Å². The molecule has 0 aliphatic heterocycles. The van der Waals surface area contributed by atoms with Crippen LogP contribution in [0, 0.1) is 10.1 Å². The minimum Gasteiger partial charge on any atom is -0.494 e. The molecule has 154 valence electrons. The molecular weight excluding hydrogens is 388 g/mol.